The van der Waals surface area contributed by atoms with E-state index in [1.165, 1.54) is 0 Å². The number of amides is 1. The maximum Gasteiger partial charge on any atom is 0.405 e. The van der Waals surface area contributed by atoms with Gasteiger partial charge in [-0.3, -0.25) is 4.79 Å². The van der Waals surface area contributed by atoms with Crippen molar-refractivity contribution in [1.82, 2.24) is 10.6 Å². The molecule has 2 atom stereocenters. The number of ether oxygens (including phenoxy) is 1. The molecule has 1 saturated heterocycles. The Balaban J connectivity index is 1.84. The van der Waals surface area contributed by atoms with Crippen molar-refractivity contribution in [1.29, 1.82) is 0 Å². The Labute approximate surface area is 131 Å². The van der Waals surface area contributed by atoms with Crippen LogP contribution in [0.1, 0.15) is 18.1 Å². The SMILES string of the molecule is O=C(CNC1CCOC1c1ccc(Cl)cc1)NCC(F)(F)F. The molecule has 0 spiro atoms. The topological polar surface area (TPSA) is 50.4 Å². The van der Waals surface area contributed by atoms with E-state index in [0.717, 1.165) is 5.56 Å². The Morgan fingerprint density at radius 2 is 2.00 bits per heavy atom. The minimum atomic E-state index is -4.40. The molecule has 0 aliphatic carbocycles. The van der Waals surface area contributed by atoms with Crippen molar-refractivity contribution in [3.63, 3.8) is 0 Å². The highest BCUT2D eigenvalue weighted by Crippen LogP contribution is 2.29. The summed E-state index contributed by atoms with van der Waals surface area (Å²) in [4.78, 5) is 11.4. The van der Waals surface area contributed by atoms with Gasteiger partial charge in [0.15, 0.2) is 0 Å². The van der Waals surface area contributed by atoms with Crippen LogP contribution in [-0.4, -0.2) is 37.8 Å². The molecule has 4 nitrogen and oxygen atoms in total. The van der Waals surface area contributed by atoms with Gasteiger partial charge in [0.05, 0.1) is 12.6 Å². The minimum absolute atomic E-state index is 0.127. The second-order valence-electron chi connectivity index (χ2n) is 5.01. The number of carbonyl (C=O) groups excluding carboxylic acids is 1. The highest BCUT2D eigenvalue weighted by molar-refractivity contribution is 6.30. The van der Waals surface area contributed by atoms with E-state index >= 15 is 0 Å². The van der Waals surface area contributed by atoms with Crippen LogP contribution in [0.3, 0.4) is 0 Å². The standard InChI is InChI=1S/C14H16ClF3N2O2/c15-10-3-1-9(2-4-10)13-11(5-6-22-13)19-7-12(21)20-8-14(16,17)18/h1-4,11,13,19H,5-8H2,(H,20,21). The summed E-state index contributed by atoms with van der Waals surface area (Å²) in [5.41, 5.74) is 0.912. The van der Waals surface area contributed by atoms with E-state index in [-0.39, 0.29) is 18.7 Å². The van der Waals surface area contributed by atoms with Gasteiger partial charge in [0.25, 0.3) is 0 Å². The maximum absolute atomic E-state index is 12.0. The van der Waals surface area contributed by atoms with Gasteiger partial charge in [-0.25, -0.2) is 0 Å². The van der Waals surface area contributed by atoms with Crippen LogP contribution in [0.15, 0.2) is 24.3 Å². The first-order chi connectivity index (χ1) is 10.3. The normalized spacial score (nSPS) is 21.8. The Morgan fingerprint density at radius 1 is 1.32 bits per heavy atom. The molecule has 2 N–H and O–H groups in total. The van der Waals surface area contributed by atoms with Crippen molar-refractivity contribution in [3.8, 4) is 0 Å². The number of rotatable bonds is 5. The van der Waals surface area contributed by atoms with E-state index < -0.39 is 18.6 Å². The molecule has 8 heteroatoms. The first-order valence-corrected chi connectivity index (χ1v) is 7.17. The molecule has 0 saturated carbocycles. The van der Waals surface area contributed by atoms with Gasteiger partial charge in [-0.2, -0.15) is 13.2 Å². The molecule has 1 fully saturated rings. The number of carbonyl (C=O) groups is 1. The third-order valence-electron chi connectivity index (χ3n) is 3.30. The number of nitrogens with one attached hydrogen (secondary N) is 2. The maximum atomic E-state index is 12.0. The summed E-state index contributed by atoms with van der Waals surface area (Å²) in [6.45, 7) is -0.987. The predicted molar refractivity (Wildman–Crippen MR) is 75.6 cm³/mol. The van der Waals surface area contributed by atoms with Crippen molar-refractivity contribution >= 4 is 17.5 Å². The highest BCUT2D eigenvalue weighted by atomic mass is 35.5. The van der Waals surface area contributed by atoms with Crippen LogP contribution in [0, 0.1) is 0 Å². The fourth-order valence-electron chi connectivity index (χ4n) is 2.26. The lowest BCUT2D eigenvalue weighted by atomic mass is 10.0. The smallest absolute Gasteiger partial charge is 0.372 e. The van der Waals surface area contributed by atoms with Crippen molar-refractivity contribution in [2.75, 3.05) is 19.7 Å². The molecule has 1 aromatic carbocycles. The van der Waals surface area contributed by atoms with E-state index in [0.29, 0.717) is 18.1 Å². The van der Waals surface area contributed by atoms with E-state index in [1.54, 1.807) is 12.1 Å². The fourth-order valence-corrected chi connectivity index (χ4v) is 2.39. The zero-order valence-corrected chi connectivity index (χ0v) is 12.4. The molecule has 2 rings (SSSR count). The largest absolute Gasteiger partial charge is 0.405 e. The zero-order valence-electron chi connectivity index (χ0n) is 11.6. The van der Waals surface area contributed by atoms with Crippen molar-refractivity contribution in [2.24, 2.45) is 0 Å². The molecule has 22 heavy (non-hydrogen) atoms. The monoisotopic (exact) mass is 336 g/mol. The molecular weight excluding hydrogens is 321 g/mol. The van der Waals surface area contributed by atoms with E-state index in [4.69, 9.17) is 16.3 Å². The van der Waals surface area contributed by atoms with Crippen LogP contribution < -0.4 is 10.6 Å². The molecule has 0 aromatic heterocycles. The van der Waals surface area contributed by atoms with Crippen LogP contribution in [0.4, 0.5) is 13.2 Å². The molecule has 122 valence electrons. The summed E-state index contributed by atoms with van der Waals surface area (Å²) in [6.07, 6.45) is -3.97. The average molecular weight is 337 g/mol. The second kappa shape index (κ2) is 7.30. The third-order valence-corrected chi connectivity index (χ3v) is 3.55. The molecule has 0 bridgehead atoms. The minimum Gasteiger partial charge on any atom is -0.372 e. The van der Waals surface area contributed by atoms with Crippen molar-refractivity contribution in [2.45, 2.75) is 24.7 Å². The molecule has 1 heterocycles. The summed E-state index contributed by atoms with van der Waals surface area (Å²) in [5.74, 6) is -0.695. The molecule has 1 amide bonds. The van der Waals surface area contributed by atoms with Crippen LogP contribution >= 0.6 is 11.6 Å². The number of alkyl halides is 3. The number of hydrogen-bond donors (Lipinski definition) is 2. The summed E-state index contributed by atoms with van der Waals surface area (Å²) in [5, 5.41) is 5.38. The summed E-state index contributed by atoms with van der Waals surface area (Å²) in [6, 6.07) is 7.02. The first kappa shape index (κ1) is 17.1. The average Bonchev–Trinajstić information content (AvgIpc) is 2.91. The predicted octanol–water partition coefficient (Wildman–Crippen LogP) is 2.44. The molecule has 1 aromatic rings. The summed E-state index contributed by atoms with van der Waals surface area (Å²) < 4.78 is 41.6. The van der Waals surface area contributed by atoms with E-state index in [9.17, 15) is 18.0 Å². The number of benzene rings is 1. The molecule has 1 aliphatic rings. The lowest BCUT2D eigenvalue weighted by Gasteiger charge is -2.20. The molecule has 1 aliphatic heterocycles. The lowest BCUT2D eigenvalue weighted by molar-refractivity contribution is -0.138. The Bertz CT molecular complexity index is 508. The Morgan fingerprint density at radius 3 is 2.64 bits per heavy atom. The van der Waals surface area contributed by atoms with Gasteiger partial charge in [-0.1, -0.05) is 23.7 Å². The van der Waals surface area contributed by atoms with Crippen LogP contribution in [0.2, 0.25) is 5.02 Å². The number of halogens is 4. The number of hydrogen-bond acceptors (Lipinski definition) is 3. The molecule has 2 unspecified atom stereocenters. The van der Waals surface area contributed by atoms with Gasteiger partial charge in [-0.05, 0) is 24.1 Å². The van der Waals surface area contributed by atoms with Crippen LogP contribution in [-0.2, 0) is 9.53 Å². The lowest BCUT2D eigenvalue weighted by Crippen LogP contribution is -2.43. The van der Waals surface area contributed by atoms with Gasteiger partial charge in [0, 0.05) is 17.7 Å². The van der Waals surface area contributed by atoms with Gasteiger partial charge in [-0.15, -0.1) is 0 Å². The zero-order chi connectivity index (χ0) is 16.2. The van der Waals surface area contributed by atoms with Gasteiger partial charge >= 0.3 is 6.18 Å². The van der Waals surface area contributed by atoms with E-state index in [2.05, 4.69) is 5.32 Å². The van der Waals surface area contributed by atoms with Crippen LogP contribution in [0.25, 0.3) is 0 Å². The third kappa shape index (κ3) is 5.15. The van der Waals surface area contributed by atoms with E-state index in [1.807, 2.05) is 17.4 Å². The van der Waals surface area contributed by atoms with Crippen molar-refractivity contribution in [3.05, 3.63) is 34.9 Å². The van der Waals surface area contributed by atoms with Gasteiger partial charge in [0.1, 0.15) is 6.54 Å². The molecule has 0 radical (unpaired) electrons. The Kier molecular flexibility index (Phi) is 5.66. The quantitative estimate of drug-likeness (QED) is 0.868. The molecular formula is C14H16ClF3N2O2. The highest BCUT2D eigenvalue weighted by Gasteiger charge is 2.31. The van der Waals surface area contributed by atoms with Gasteiger partial charge < -0.3 is 15.4 Å². The fraction of sp³-hybridized carbons (Fsp3) is 0.500. The summed E-state index contributed by atoms with van der Waals surface area (Å²) in [7, 11) is 0. The summed E-state index contributed by atoms with van der Waals surface area (Å²) >= 11 is 5.83. The van der Waals surface area contributed by atoms with Gasteiger partial charge in [0.2, 0.25) is 5.91 Å². The first-order valence-electron chi connectivity index (χ1n) is 6.79. The van der Waals surface area contributed by atoms with Crippen LogP contribution in [0.5, 0.6) is 0 Å². The second-order valence-corrected chi connectivity index (χ2v) is 5.45. The Hall–Kier alpha value is -1.31. The van der Waals surface area contributed by atoms with Crippen molar-refractivity contribution < 1.29 is 22.7 Å².